The van der Waals surface area contributed by atoms with Crippen LogP contribution in [0.2, 0.25) is 6.04 Å². The molecule has 3 N–H and O–H groups in total. The predicted molar refractivity (Wildman–Crippen MR) is 120 cm³/mol. The third kappa shape index (κ3) is 12.2. The van der Waals surface area contributed by atoms with Gasteiger partial charge in [-0.2, -0.15) is 5.26 Å². The fraction of sp³-hybridized carbons (Fsp3) is 0.857. The summed E-state index contributed by atoms with van der Waals surface area (Å²) in [7, 11) is -2.71. The van der Waals surface area contributed by atoms with Crippen molar-refractivity contribution in [2.45, 2.75) is 66.3 Å². The van der Waals surface area contributed by atoms with Gasteiger partial charge in [-0.1, -0.05) is 6.92 Å². The molecule has 0 spiro atoms. The highest BCUT2D eigenvalue weighted by Crippen LogP contribution is 2.30. The van der Waals surface area contributed by atoms with Crippen LogP contribution in [-0.2, 0) is 22.9 Å². The van der Waals surface area contributed by atoms with Crippen LogP contribution < -0.4 is 10.6 Å². The number of nitrogens with zero attached hydrogens (tertiary/aromatic N) is 1. The van der Waals surface area contributed by atoms with Gasteiger partial charge >= 0.3 is 8.80 Å². The van der Waals surface area contributed by atoms with Gasteiger partial charge in [-0.05, 0) is 47.0 Å². The lowest BCUT2D eigenvalue weighted by Gasteiger charge is -2.28. The first-order valence-corrected chi connectivity index (χ1v) is 13.1. The molecule has 0 saturated carbocycles. The number of aliphatic hydroxyl groups is 1. The molecule has 10 heteroatoms. The lowest BCUT2D eigenvalue weighted by molar-refractivity contribution is -0.125. The molecular weight excluding hydrogens is 418 g/mol. The number of aliphatic hydroxyl groups excluding tert-OH is 1. The Morgan fingerprint density at radius 3 is 2.16 bits per heavy atom. The second-order valence-electron chi connectivity index (χ2n) is 7.73. The zero-order valence-corrected chi connectivity index (χ0v) is 20.8. The Balaban J connectivity index is 4.49. The van der Waals surface area contributed by atoms with Crippen molar-refractivity contribution < 1.29 is 28.0 Å². The van der Waals surface area contributed by atoms with E-state index >= 15 is 0 Å². The molecule has 0 aromatic rings. The third-order valence-electron chi connectivity index (χ3n) is 4.86. The maximum atomic E-state index is 12.3. The van der Waals surface area contributed by atoms with E-state index in [1.54, 1.807) is 13.8 Å². The Morgan fingerprint density at radius 2 is 1.68 bits per heavy atom. The summed E-state index contributed by atoms with van der Waals surface area (Å²) < 4.78 is 17.4. The molecule has 0 rings (SSSR count). The van der Waals surface area contributed by atoms with Crippen LogP contribution in [0, 0.1) is 22.7 Å². The maximum absolute atomic E-state index is 12.3. The highest BCUT2D eigenvalue weighted by atomic mass is 28.4. The van der Waals surface area contributed by atoms with Crippen molar-refractivity contribution in [3.8, 4) is 6.07 Å². The molecule has 0 saturated heterocycles. The van der Waals surface area contributed by atoms with Gasteiger partial charge in [-0.25, -0.2) is 0 Å². The number of rotatable bonds is 18. The quantitative estimate of drug-likeness (QED) is 0.211. The fourth-order valence-electron chi connectivity index (χ4n) is 3.34. The second kappa shape index (κ2) is 16.2. The lowest BCUT2D eigenvalue weighted by Crippen LogP contribution is -2.46. The van der Waals surface area contributed by atoms with Crippen molar-refractivity contribution >= 4 is 20.6 Å². The number of carbonyl (C=O) groups excluding carboxylic acids is 2. The number of carbonyl (C=O) groups is 2. The van der Waals surface area contributed by atoms with Crippen LogP contribution in [0.1, 0.15) is 60.3 Å². The van der Waals surface area contributed by atoms with Crippen molar-refractivity contribution in [2.75, 3.05) is 39.5 Å². The van der Waals surface area contributed by atoms with E-state index in [2.05, 4.69) is 16.7 Å². The van der Waals surface area contributed by atoms with Gasteiger partial charge in [0.15, 0.2) is 0 Å². The van der Waals surface area contributed by atoms with Crippen LogP contribution >= 0.6 is 0 Å². The van der Waals surface area contributed by atoms with E-state index in [0.29, 0.717) is 51.7 Å². The van der Waals surface area contributed by atoms with E-state index in [1.807, 2.05) is 20.8 Å². The monoisotopic (exact) mass is 459 g/mol. The first-order chi connectivity index (χ1) is 14.7. The minimum atomic E-state index is -2.71. The van der Waals surface area contributed by atoms with E-state index in [9.17, 15) is 14.9 Å². The van der Waals surface area contributed by atoms with Crippen LogP contribution in [0.15, 0.2) is 0 Å². The number of nitriles is 1. The molecule has 0 aliphatic carbocycles. The molecule has 0 aliphatic heterocycles. The Morgan fingerprint density at radius 1 is 1.10 bits per heavy atom. The number of hydrogen-bond donors (Lipinski definition) is 3. The van der Waals surface area contributed by atoms with E-state index in [-0.39, 0.29) is 37.3 Å². The summed E-state index contributed by atoms with van der Waals surface area (Å²) in [6.45, 7) is 11.3. The van der Waals surface area contributed by atoms with E-state index in [0.717, 1.165) is 0 Å². The number of amides is 2. The molecule has 2 atom stereocenters. The summed E-state index contributed by atoms with van der Waals surface area (Å²) >= 11 is 0. The highest BCUT2D eigenvalue weighted by Gasteiger charge is 2.39. The topological polar surface area (TPSA) is 130 Å². The van der Waals surface area contributed by atoms with Crippen molar-refractivity contribution in [3.05, 3.63) is 0 Å². The largest absolute Gasteiger partial charge is 0.500 e. The van der Waals surface area contributed by atoms with Gasteiger partial charge in [0, 0.05) is 51.3 Å². The molecule has 9 nitrogen and oxygen atoms in total. The Labute approximate surface area is 188 Å². The molecule has 31 heavy (non-hydrogen) atoms. The Bertz CT molecular complexity index is 555. The zero-order chi connectivity index (χ0) is 23.8. The van der Waals surface area contributed by atoms with Gasteiger partial charge < -0.3 is 29.0 Å². The molecule has 0 fully saturated rings. The van der Waals surface area contributed by atoms with Crippen LogP contribution in [0.4, 0.5) is 0 Å². The van der Waals surface area contributed by atoms with Gasteiger partial charge in [0.1, 0.15) is 0 Å². The number of nitrogens with one attached hydrogen (secondary N) is 2. The van der Waals surface area contributed by atoms with Crippen LogP contribution in [0.3, 0.4) is 0 Å². The fourth-order valence-corrected chi connectivity index (χ4v) is 5.95. The van der Waals surface area contributed by atoms with Crippen molar-refractivity contribution in [1.82, 2.24) is 10.6 Å². The van der Waals surface area contributed by atoms with Crippen LogP contribution in [-0.4, -0.2) is 65.2 Å². The summed E-state index contributed by atoms with van der Waals surface area (Å²) in [6, 6.07) is 2.88. The first-order valence-electron chi connectivity index (χ1n) is 11.2. The van der Waals surface area contributed by atoms with Crippen molar-refractivity contribution in [2.24, 2.45) is 11.3 Å². The average molecular weight is 460 g/mol. The first kappa shape index (κ1) is 29.5. The molecular formula is C21H41N3O6Si. The zero-order valence-electron chi connectivity index (χ0n) is 19.8. The van der Waals surface area contributed by atoms with E-state index < -0.39 is 14.2 Å². The van der Waals surface area contributed by atoms with Gasteiger partial charge in [0.2, 0.25) is 11.8 Å². The number of hydrogen-bond acceptors (Lipinski definition) is 7. The second-order valence-corrected chi connectivity index (χ2v) is 10.5. The SMILES string of the molecule is CCO[Si](CCCNC(=O)CCC(C)(C#N)CC(C)C(=O)NCCO)(OCC)OCC. The van der Waals surface area contributed by atoms with Crippen molar-refractivity contribution in [1.29, 1.82) is 5.26 Å². The predicted octanol–water partition coefficient (Wildman–Crippen LogP) is 1.99. The van der Waals surface area contributed by atoms with Gasteiger partial charge in [-0.15, -0.1) is 0 Å². The Hall–Kier alpha value is -1.51. The molecule has 0 aromatic heterocycles. The highest BCUT2D eigenvalue weighted by molar-refractivity contribution is 6.60. The minimum absolute atomic E-state index is 0.128. The molecule has 0 heterocycles. The summed E-state index contributed by atoms with van der Waals surface area (Å²) in [5, 5.41) is 23.9. The van der Waals surface area contributed by atoms with Crippen LogP contribution in [0.25, 0.3) is 0 Å². The molecule has 180 valence electrons. The molecule has 0 bridgehead atoms. The Kier molecular flexibility index (Phi) is 15.4. The standard InChI is InChI=1S/C21H41N3O6Si/c1-6-28-31(29-7-2,30-8-3)15-9-12-23-19(26)10-11-21(5,17-22)16-18(4)20(27)24-13-14-25/h18,25H,6-16H2,1-5H3,(H,23,26)(H,24,27). The van der Waals surface area contributed by atoms with Gasteiger partial charge in [-0.3, -0.25) is 9.59 Å². The maximum Gasteiger partial charge on any atom is 0.500 e. The van der Waals surface area contributed by atoms with Crippen molar-refractivity contribution in [3.63, 3.8) is 0 Å². The summed E-state index contributed by atoms with van der Waals surface area (Å²) in [6.07, 6.45) is 1.59. The van der Waals surface area contributed by atoms with E-state index in [1.165, 1.54) is 0 Å². The molecule has 0 radical (unpaired) electrons. The summed E-state index contributed by atoms with van der Waals surface area (Å²) in [4.78, 5) is 24.2. The molecule has 0 aliphatic rings. The normalized spacial score (nSPS) is 14.4. The summed E-state index contributed by atoms with van der Waals surface area (Å²) in [5.74, 6) is -0.714. The van der Waals surface area contributed by atoms with Gasteiger partial charge in [0.25, 0.3) is 0 Å². The summed E-state index contributed by atoms with van der Waals surface area (Å²) in [5.41, 5.74) is -0.783. The molecule has 2 amide bonds. The lowest BCUT2D eigenvalue weighted by atomic mass is 9.78. The average Bonchev–Trinajstić information content (AvgIpc) is 2.74. The van der Waals surface area contributed by atoms with Gasteiger partial charge in [0.05, 0.1) is 18.1 Å². The third-order valence-corrected chi connectivity index (χ3v) is 8.02. The smallest absolute Gasteiger partial charge is 0.395 e. The van der Waals surface area contributed by atoms with E-state index in [4.69, 9.17) is 18.4 Å². The van der Waals surface area contributed by atoms with Crippen LogP contribution in [0.5, 0.6) is 0 Å². The minimum Gasteiger partial charge on any atom is -0.395 e. The molecule has 0 aromatic carbocycles. The molecule has 2 unspecified atom stereocenters.